The third kappa shape index (κ3) is 3.01. The van der Waals surface area contributed by atoms with Gasteiger partial charge in [-0.15, -0.1) is 0 Å². The van der Waals surface area contributed by atoms with Crippen LogP contribution in [0.2, 0.25) is 0 Å². The third-order valence-corrected chi connectivity index (χ3v) is 3.37. The first-order chi connectivity index (χ1) is 11.1. The Morgan fingerprint density at radius 3 is 2.96 bits per heavy atom. The summed E-state index contributed by atoms with van der Waals surface area (Å²) in [5, 5.41) is 23.3. The highest BCUT2D eigenvalue weighted by molar-refractivity contribution is 5.90. The lowest BCUT2D eigenvalue weighted by molar-refractivity contribution is -0.132. The number of carboxylic acids is 1. The molecule has 3 rings (SSSR count). The Hall–Kier alpha value is -2.90. The van der Waals surface area contributed by atoms with Crippen molar-refractivity contribution in [1.82, 2.24) is 20.2 Å². The van der Waals surface area contributed by atoms with E-state index in [1.54, 1.807) is 6.08 Å². The smallest absolute Gasteiger partial charge is 0.352 e. The second kappa shape index (κ2) is 6.07. The molecule has 120 valence electrons. The number of nitrogens with zero attached hydrogens (tertiary/aromatic N) is 4. The molecule has 8 heteroatoms. The number of para-hydroxylation sites is 1. The fraction of sp³-hybridized carbons (Fsp3) is 0.333. The van der Waals surface area contributed by atoms with Crippen LogP contribution in [0.3, 0.4) is 0 Å². The summed E-state index contributed by atoms with van der Waals surface area (Å²) in [5.74, 6) is 0.290. The van der Waals surface area contributed by atoms with Crippen LogP contribution >= 0.6 is 0 Å². The Labute approximate surface area is 132 Å². The molecule has 0 aliphatic carbocycles. The van der Waals surface area contributed by atoms with E-state index in [2.05, 4.69) is 34.7 Å². The Morgan fingerprint density at radius 2 is 2.22 bits per heavy atom. The maximum absolute atomic E-state index is 11.3. The van der Waals surface area contributed by atoms with Gasteiger partial charge < -0.3 is 15.2 Å². The van der Waals surface area contributed by atoms with Crippen molar-refractivity contribution in [3.05, 3.63) is 41.6 Å². The van der Waals surface area contributed by atoms with Gasteiger partial charge in [0.2, 0.25) is 5.95 Å². The van der Waals surface area contributed by atoms with E-state index < -0.39 is 12.0 Å². The highest BCUT2D eigenvalue weighted by atomic mass is 16.5. The van der Waals surface area contributed by atoms with Crippen molar-refractivity contribution in [3.63, 3.8) is 0 Å². The second-order valence-electron chi connectivity index (χ2n) is 5.65. The fourth-order valence-electron chi connectivity index (χ4n) is 2.31. The monoisotopic (exact) mass is 315 g/mol. The molecule has 1 aromatic heterocycles. The molecule has 0 saturated heterocycles. The lowest BCUT2D eigenvalue weighted by Crippen LogP contribution is -2.24. The van der Waals surface area contributed by atoms with Crippen LogP contribution in [0.15, 0.2) is 36.0 Å². The molecule has 0 amide bonds. The highest BCUT2D eigenvalue weighted by Crippen LogP contribution is 2.33. The van der Waals surface area contributed by atoms with Crippen molar-refractivity contribution >= 4 is 11.9 Å². The molecule has 1 atom stereocenters. The van der Waals surface area contributed by atoms with E-state index in [1.807, 2.05) is 24.3 Å². The molecular formula is C15H17N5O3. The number of anilines is 1. The lowest BCUT2D eigenvalue weighted by Gasteiger charge is -2.23. The van der Waals surface area contributed by atoms with Gasteiger partial charge in [0.1, 0.15) is 17.5 Å². The van der Waals surface area contributed by atoms with Gasteiger partial charge in [-0.1, -0.05) is 37.1 Å². The summed E-state index contributed by atoms with van der Waals surface area (Å²) < 4.78 is 7.39. The van der Waals surface area contributed by atoms with Gasteiger partial charge in [0, 0.05) is 5.56 Å². The van der Waals surface area contributed by atoms with E-state index in [1.165, 1.54) is 4.68 Å². The SMILES string of the molecule is CC(C)COc1ccccc1[C@@H]1C=C(C(=O)O)Nc2nnnn21. The number of carbonyl (C=O) groups is 1. The van der Waals surface area contributed by atoms with Crippen LogP contribution in [-0.2, 0) is 4.79 Å². The maximum atomic E-state index is 11.3. The van der Waals surface area contributed by atoms with Crippen LogP contribution < -0.4 is 10.1 Å². The number of fused-ring (bicyclic) bond motifs is 1. The number of aliphatic carboxylic acids is 1. The third-order valence-electron chi connectivity index (χ3n) is 3.37. The highest BCUT2D eigenvalue weighted by Gasteiger charge is 2.28. The van der Waals surface area contributed by atoms with Gasteiger partial charge in [-0.05, 0) is 28.5 Å². The van der Waals surface area contributed by atoms with Gasteiger partial charge in [0.05, 0.1) is 6.61 Å². The first kappa shape index (κ1) is 15.0. The number of tetrazole rings is 1. The predicted octanol–water partition coefficient (Wildman–Crippen LogP) is 1.69. The first-order valence-electron chi connectivity index (χ1n) is 7.28. The Balaban J connectivity index is 2.02. The molecule has 0 spiro atoms. The number of aromatic nitrogens is 4. The topological polar surface area (TPSA) is 102 Å². The van der Waals surface area contributed by atoms with Crippen LogP contribution in [0.4, 0.5) is 5.95 Å². The van der Waals surface area contributed by atoms with E-state index >= 15 is 0 Å². The molecule has 1 aliphatic heterocycles. The number of benzene rings is 1. The summed E-state index contributed by atoms with van der Waals surface area (Å²) in [6.07, 6.45) is 1.57. The molecule has 0 unspecified atom stereocenters. The van der Waals surface area contributed by atoms with Crippen LogP contribution in [0.5, 0.6) is 5.75 Å². The van der Waals surface area contributed by atoms with Gasteiger partial charge in [-0.3, -0.25) is 0 Å². The molecule has 0 bridgehead atoms. The van der Waals surface area contributed by atoms with E-state index in [-0.39, 0.29) is 11.6 Å². The molecule has 2 heterocycles. The van der Waals surface area contributed by atoms with E-state index in [4.69, 9.17) is 4.74 Å². The molecule has 2 N–H and O–H groups in total. The second-order valence-corrected chi connectivity index (χ2v) is 5.65. The predicted molar refractivity (Wildman–Crippen MR) is 82.1 cm³/mol. The number of rotatable bonds is 5. The van der Waals surface area contributed by atoms with Crippen molar-refractivity contribution in [2.75, 3.05) is 11.9 Å². The molecule has 1 aromatic carbocycles. The summed E-state index contributed by atoms with van der Waals surface area (Å²) in [4.78, 5) is 11.3. The molecule has 0 radical (unpaired) electrons. The Bertz CT molecular complexity index is 753. The van der Waals surface area contributed by atoms with E-state index in [0.29, 0.717) is 18.3 Å². The van der Waals surface area contributed by atoms with Crippen molar-refractivity contribution in [2.24, 2.45) is 5.92 Å². The lowest BCUT2D eigenvalue weighted by atomic mass is 10.0. The molecular weight excluding hydrogens is 298 g/mol. The molecule has 2 aromatic rings. The summed E-state index contributed by atoms with van der Waals surface area (Å²) >= 11 is 0. The van der Waals surface area contributed by atoms with E-state index in [0.717, 1.165) is 5.56 Å². The molecule has 0 fully saturated rings. The molecule has 1 aliphatic rings. The zero-order valence-electron chi connectivity index (χ0n) is 12.8. The van der Waals surface area contributed by atoms with Crippen molar-refractivity contribution in [2.45, 2.75) is 19.9 Å². The van der Waals surface area contributed by atoms with E-state index in [9.17, 15) is 9.90 Å². The normalized spacial score (nSPS) is 16.5. The zero-order valence-corrected chi connectivity index (χ0v) is 12.8. The van der Waals surface area contributed by atoms with Gasteiger partial charge in [0.25, 0.3) is 0 Å². The van der Waals surface area contributed by atoms with Crippen LogP contribution in [0, 0.1) is 5.92 Å². The number of carboxylic acid groups (broad SMARTS) is 1. The molecule has 0 saturated carbocycles. The standard InChI is InChI=1S/C15H17N5O3/c1-9(2)8-23-13-6-4-3-5-10(13)12-7-11(14(21)22)16-15-17-18-19-20(12)15/h3-7,9,12H,8H2,1-2H3,(H,21,22)(H,16,17,19)/t12-/m0/s1. The van der Waals surface area contributed by atoms with Crippen molar-refractivity contribution in [1.29, 1.82) is 0 Å². The average molecular weight is 315 g/mol. The minimum Gasteiger partial charge on any atom is -0.493 e. The van der Waals surface area contributed by atoms with Crippen molar-refractivity contribution in [3.8, 4) is 5.75 Å². The minimum absolute atomic E-state index is 0.0379. The summed E-state index contributed by atoms with van der Waals surface area (Å²) in [6, 6.07) is 7.04. The maximum Gasteiger partial charge on any atom is 0.352 e. The summed E-state index contributed by atoms with van der Waals surface area (Å²) in [7, 11) is 0. The van der Waals surface area contributed by atoms with Gasteiger partial charge in [-0.2, -0.15) is 4.68 Å². The average Bonchev–Trinajstić information content (AvgIpc) is 3.00. The van der Waals surface area contributed by atoms with Crippen LogP contribution in [-0.4, -0.2) is 37.9 Å². The van der Waals surface area contributed by atoms with Gasteiger partial charge in [-0.25, -0.2) is 4.79 Å². The summed E-state index contributed by atoms with van der Waals surface area (Å²) in [6.45, 7) is 4.70. The molecule has 8 nitrogen and oxygen atoms in total. The number of allylic oxidation sites excluding steroid dienone is 1. The number of hydrogen-bond acceptors (Lipinski definition) is 6. The largest absolute Gasteiger partial charge is 0.493 e. The summed E-state index contributed by atoms with van der Waals surface area (Å²) in [5.41, 5.74) is 0.845. The quantitative estimate of drug-likeness (QED) is 0.865. The van der Waals surface area contributed by atoms with Crippen molar-refractivity contribution < 1.29 is 14.6 Å². The van der Waals surface area contributed by atoms with Crippen LogP contribution in [0.1, 0.15) is 25.5 Å². The minimum atomic E-state index is -1.06. The Kier molecular flexibility index (Phi) is 3.96. The number of nitrogens with one attached hydrogen (secondary N) is 1. The van der Waals surface area contributed by atoms with Gasteiger partial charge >= 0.3 is 5.97 Å². The first-order valence-corrected chi connectivity index (χ1v) is 7.28. The zero-order chi connectivity index (χ0) is 16.4. The molecule has 23 heavy (non-hydrogen) atoms. The Morgan fingerprint density at radius 1 is 1.43 bits per heavy atom. The van der Waals surface area contributed by atoms with Gasteiger partial charge in [0.15, 0.2) is 0 Å². The van der Waals surface area contributed by atoms with Crippen LogP contribution in [0.25, 0.3) is 0 Å². The number of ether oxygens (including phenoxy) is 1. The number of hydrogen-bond donors (Lipinski definition) is 2. The fourth-order valence-corrected chi connectivity index (χ4v) is 2.31.